The van der Waals surface area contributed by atoms with Crippen molar-refractivity contribution in [2.75, 3.05) is 48.5 Å². The molecule has 0 spiro atoms. The Balaban J connectivity index is 1.41. The Labute approximate surface area is 267 Å². The lowest BCUT2D eigenvalue weighted by Gasteiger charge is -2.47. The summed E-state index contributed by atoms with van der Waals surface area (Å²) in [6.07, 6.45) is 3.05. The number of hydrogen-bond donors (Lipinski definition) is 0. The highest BCUT2D eigenvalue weighted by molar-refractivity contribution is 7.93. The van der Waals surface area contributed by atoms with Crippen LogP contribution in [0.4, 0.5) is 15.8 Å². The van der Waals surface area contributed by atoms with Crippen LogP contribution in [0.1, 0.15) is 23.6 Å². The number of nitriles is 1. The standard InChI is InChI=1S/C35H31FN6O3S/c1-2-45-31-10-4-3-9-28(31)35(41-19-17-40(18-20-41)27-14-16-38-33(36)22-27)24-42(30-13-12-25(23-37)21-29(30)35)46(43,44)32-11-5-7-26-8-6-15-39-34(26)32/h3-16,21-22H,2,17-20,24H2,1H3. The Bertz CT molecular complexity index is 2090. The van der Waals surface area contributed by atoms with Crippen molar-refractivity contribution in [1.82, 2.24) is 14.9 Å². The molecule has 5 aromatic rings. The molecule has 0 N–H and O–H groups in total. The lowest BCUT2D eigenvalue weighted by Crippen LogP contribution is -2.58. The van der Waals surface area contributed by atoms with Crippen molar-refractivity contribution in [3.63, 3.8) is 0 Å². The molecule has 7 rings (SSSR count). The molecule has 0 radical (unpaired) electrons. The Morgan fingerprint density at radius 1 is 0.913 bits per heavy atom. The van der Waals surface area contributed by atoms with Gasteiger partial charge in [-0.05, 0) is 49.4 Å². The number of fused-ring (bicyclic) bond motifs is 2. The predicted molar refractivity (Wildman–Crippen MR) is 174 cm³/mol. The number of rotatable bonds is 7. The smallest absolute Gasteiger partial charge is 0.266 e. The van der Waals surface area contributed by atoms with Gasteiger partial charge < -0.3 is 9.64 Å². The first-order valence-corrected chi connectivity index (χ1v) is 16.6. The number of nitrogens with zero attached hydrogens (tertiary/aromatic N) is 6. The van der Waals surface area contributed by atoms with Gasteiger partial charge in [-0.25, -0.2) is 13.4 Å². The number of hydrogen-bond acceptors (Lipinski definition) is 8. The van der Waals surface area contributed by atoms with E-state index in [1.54, 1.807) is 48.7 Å². The summed E-state index contributed by atoms with van der Waals surface area (Å²) in [5.74, 6) is 0.0996. The maximum absolute atomic E-state index is 14.8. The van der Waals surface area contributed by atoms with Gasteiger partial charge in [0.25, 0.3) is 10.0 Å². The van der Waals surface area contributed by atoms with Crippen LogP contribution in [-0.4, -0.2) is 62.6 Å². The molecule has 2 aromatic heterocycles. The predicted octanol–water partition coefficient (Wildman–Crippen LogP) is 5.31. The molecule has 4 heterocycles. The molecule has 0 bridgehead atoms. The SMILES string of the molecule is CCOc1ccccc1C1(N2CCN(c3ccnc(F)c3)CC2)CN(S(=O)(=O)c2cccc3cccnc23)c2ccc(C#N)cc21. The Kier molecular flexibility index (Phi) is 7.55. The van der Waals surface area contributed by atoms with E-state index in [0.717, 1.165) is 16.6 Å². The van der Waals surface area contributed by atoms with E-state index in [2.05, 4.69) is 25.8 Å². The Hall–Kier alpha value is -5.05. The molecule has 1 saturated heterocycles. The van der Waals surface area contributed by atoms with E-state index in [1.807, 2.05) is 43.3 Å². The van der Waals surface area contributed by atoms with Gasteiger partial charge in [0.2, 0.25) is 5.95 Å². The number of benzene rings is 3. The second kappa shape index (κ2) is 11.7. The van der Waals surface area contributed by atoms with Crippen LogP contribution >= 0.6 is 0 Å². The third-order valence-electron chi connectivity index (χ3n) is 8.90. The molecule has 2 aliphatic heterocycles. The molecule has 2 aliphatic rings. The van der Waals surface area contributed by atoms with E-state index in [9.17, 15) is 18.1 Å². The molecule has 11 heteroatoms. The molecule has 1 unspecified atom stereocenters. The summed E-state index contributed by atoms with van der Waals surface area (Å²) in [6, 6.07) is 27.1. The van der Waals surface area contributed by atoms with Gasteiger partial charge >= 0.3 is 0 Å². The van der Waals surface area contributed by atoms with Gasteiger partial charge in [0.1, 0.15) is 10.6 Å². The normalized spacial score (nSPS) is 18.4. The van der Waals surface area contributed by atoms with E-state index in [4.69, 9.17) is 4.74 Å². The first-order chi connectivity index (χ1) is 22.4. The summed E-state index contributed by atoms with van der Waals surface area (Å²) in [5.41, 5.74) is 2.57. The fourth-order valence-electron chi connectivity index (χ4n) is 6.85. The van der Waals surface area contributed by atoms with E-state index in [0.29, 0.717) is 60.9 Å². The zero-order valence-corrected chi connectivity index (χ0v) is 26.0. The van der Waals surface area contributed by atoms with Gasteiger partial charge in [-0.2, -0.15) is 9.65 Å². The molecule has 46 heavy (non-hydrogen) atoms. The van der Waals surface area contributed by atoms with Gasteiger partial charge in [-0.15, -0.1) is 0 Å². The summed E-state index contributed by atoms with van der Waals surface area (Å²) in [4.78, 5) is 12.6. The average molecular weight is 635 g/mol. The quantitative estimate of drug-likeness (QED) is 0.222. The first-order valence-electron chi connectivity index (χ1n) is 15.1. The fourth-order valence-corrected chi connectivity index (χ4v) is 8.52. The maximum atomic E-state index is 14.8. The number of halogens is 1. The third-order valence-corrected chi connectivity index (χ3v) is 10.7. The van der Waals surface area contributed by atoms with Crippen LogP contribution in [0.25, 0.3) is 10.9 Å². The highest BCUT2D eigenvalue weighted by Crippen LogP contribution is 2.52. The van der Waals surface area contributed by atoms with Crippen molar-refractivity contribution in [3.8, 4) is 11.8 Å². The second-order valence-corrected chi connectivity index (χ2v) is 13.1. The van der Waals surface area contributed by atoms with Gasteiger partial charge in [0.15, 0.2) is 0 Å². The largest absolute Gasteiger partial charge is 0.494 e. The summed E-state index contributed by atoms with van der Waals surface area (Å²) in [7, 11) is -4.14. The van der Waals surface area contributed by atoms with Gasteiger partial charge in [-0.1, -0.05) is 36.4 Å². The Morgan fingerprint density at radius 3 is 2.50 bits per heavy atom. The summed E-state index contributed by atoms with van der Waals surface area (Å²) >= 11 is 0. The van der Waals surface area contributed by atoms with Crippen LogP contribution in [0.3, 0.4) is 0 Å². The number of anilines is 2. The van der Waals surface area contributed by atoms with Crippen LogP contribution in [0, 0.1) is 17.3 Å². The second-order valence-electron chi connectivity index (χ2n) is 11.3. The summed E-state index contributed by atoms with van der Waals surface area (Å²) in [6.45, 7) is 4.58. The van der Waals surface area contributed by atoms with E-state index in [1.165, 1.54) is 16.6 Å². The van der Waals surface area contributed by atoms with Crippen LogP contribution < -0.4 is 13.9 Å². The molecule has 1 atom stereocenters. The number of ether oxygens (including phenoxy) is 1. The minimum absolute atomic E-state index is 0.0523. The van der Waals surface area contributed by atoms with Crippen molar-refractivity contribution in [2.45, 2.75) is 17.4 Å². The van der Waals surface area contributed by atoms with Crippen molar-refractivity contribution in [2.24, 2.45) is 0 Å². The maximum Gasteiger partial charge on any atom is 0.266 e. The molecule has 9 nitrogen and oxygen atoms in total. The molecular weight excluding hydrogens is 603 g/mol. The van der Waals surface area contributed by atoms with Gasteiger partial charge in [0, 0.05) is 66.8 Å². The minimum Gasteiger partial charge on any atom is -0.494 e. The molecule has 0 aliphatic carbocycles. The number of aromatic nitrogens is 2. The summed E-state index contributed by atoms with van der Waals surface area (Å²) in [5, 5.41) is 10.7. The minimum atomic E-state index is -4.14. The van der Waals surface area contributed by atoms with Crippen molar-refractivity contribution in [3.05, 3.63) is 120 Å². The van der Waals surface area contributed by atoms with Crippen LogP contribution in [0.15, 0.2) is 102 Å². The summed E-state index contributed by atoms with van der Waals surface area (Å²) < 4.78 is 51.2. The van der Waals surface area contributed by atoms with Crippen LogP contribution in [0.5, 0.6) is 5.75 Å². The number of sulfonamides is 1. The molecule has 232 valence electrons. The molecule has 3 aromatic carbocycles. The van der Waals surface area contributed by atoms with Crippen LogP contribution in [0.2, 0.25) is 0 Å². The van der Waals surface area contributed by atoms with Gasteiger partial charge in [0.05, 0.1) is 41.5 Å². The van der Waals surface area contributed by atoms with E-state index < -0.39 is 21.5 Å². The molecule has 0 amide bonds. The topological polar surface area (TPSA) is 103 Å². The molecule has 1 fully saturated rings. The zero-order valence-electron chi connectivity index (χ0n) is 25.2. The first kappa shape index (κ1) is 29.6. The fraction of sp³-hybridized carbons (Fsp3) is 0.229. The van der Waals surface area contributed by atoms with E-state index >= 15 is 0 Å². The lowest BCUT2D eigenvalue weighted by molar-refractivity contribution is 0.124. The highest BCUT2D eigenvalue weighted by Gasteiger charge is 2.53. The van der Waals surface area contributed by atoms with Crippen LogP contribution in [-0.2, 0) is 15.6 Å². The molecular formula is C35H31FN6O3S. The van der Waals surface area contributed by atoms with Gasteiger partial charge in [-0.3, -0.25) is 14.2 Å². The van der Waals surface area contributed by atoms with E-state index in [-0.39, 0.29) is 11.4 Å². The monoisotopic (exact) mass is 634 g/mol. The van der Waals surface area contributed by atoms with Crippen molar-refractivity contribution >= 4 is 32.3 Å². The average Bonchev–Trinajstić information content (AvgIpc) is 3.44. The van der Waals surface area contributed by atoms with Crippen molar-refractivity contribution in [1.29, 1.82) is 5.26 Å². The lowest BCUT2D eigenvalue weighted by atomic mass is 9.81. The zero-order chi connectivity index (χ0) is 31.9. The number of pyridine rings is 2. The number of para-hydroxylation sites is 2. The number of piperazine rings is 1. The van der Waals surface area contributed by atoms with Crippen molar-refractivity contribution < 1.29 is 17.5 Å². The highest BCUT2D eigenvalue weighted by atomic mass is 32.2. The Morgan fingerprint density at radius 2 is 1.72 bits per heavy atom. The molecule has 0 saturated carbocycles. The third kappa shape index (κ3) is 4.81.